The van der Waals surface area contributed by atoms with Crippen LogP contribution in [0.25, 0.3) is 0 Å². The summed E-state index contributed by atoms with van der Waals surface area (Å²) >= 11 is 0. The van der Waals surface area contributed by atoms with Crippen molar-refractivity contribution >= 4 is 11.8 Å². The predicted molar refractivity (Wildman–Crippen MR) is 91.8 cm³/mol. The van der Waals surface area contributed by atoms with Crippen molar-refractivity contribution in [1.29, 1.82) is 0 Å². The second-order valence-electron chi connectivity index (χ2n) is 7.20. The largest absolute Gasteiger partial charge is 0.466 e. The number of hydrogen-bond donors (Lipinski definition) is 1. The van der Waals surface area contributed by atoms with Crippen LogP contribution >= 0.6 is 0 Å². The Bertz CT molecular complexity index is 602. The molecule has 1 atom stereocenters. The fourth-order valence-corrected chi connectivity index (χ4v) is 4.32. The molecule has 24 heavy (non-hydrogen) atoms. The molecular formula is C19H28N2O3. The molecule has 2 amide bonds. The maximum absolute atomic E-state index is 12.6. The summed E-state index contributed by atoms with van der Waals surface area (Å²) in [6.45, 7) is 4.49. The lowest BCUT2D eigenvalue weighted by Crippen LogP contribution is -2.45. The molecule has 2 heterocycles. The zero-order valence-corrected chi connectivity index (χ0v) is 14.8. The summed E-state index contributed by atoms with van der Waals surface area (Å²) in [6.07, 6.45) is 8.60. The summed E-state index contributed by atoms with van der Waals surface area (Å²) in [6, 6.07) is 2.10. The van der Waals surface area contributed by atoms with Gasteiger partial charge in [0.2, 0.25) is 5.91 Å². The second-order valence-corrected chi connectivity index (χ2v) is 7.20. The van der Waals surface area contributed by atoms with Crippen molar-refractivity contribution in [2.45, 2.75) is 64.8 Å². The van der Waals surface area contributed by atoms with Crippen molar-refractivity contribution in [3.8, 4) is 0 Å². The third-order valence-corrected chi connectivity index (χ3v) is 5.50. The van der Waals surface area contributed by atoms with Crippen LogP contribution in [0, 0.1) is 19.8 Å². The van der Waals surface area contributed by atoms with Gasteiger partial charge in [-0.1, -0.05) is 19.3 Å². The quantitative estimate of drug-likeness (QED) is 0.921. The van der Waals surface area contributed by atoms with Crippen LogP contribution in [0.1, 0.15) is 66.8 Å². The zero-order chi connectivity index (χ0) is 17.1. The predicted octanol–water partition coefficient (Wildman–Crippen LogP) is 3.20. The summed E-state index contributed by atoms with van der Waals surface area (Å²) in [5.41, 5.74) is 0.519. The van der Waals surface area contributed by atoms with E-state index in [4.69, 9.17) is 4.42 Å². The van der Waals surface area contributed by atoms with Gasteiger partial charge in [0.25, 0.3) is 5.91 Å². The molecule has 0 bridgehead atoms. The van der Waals surface area contributed by atoms with E-state index in [1.807, 2.05) is 11.8 Å². The zero-order valence-electron chi connectivity index (χ0n) is 14.8. The molecule has 2 fully saturated rings. The van der Waals surface area contributed by atoms with Crippen LogP contribution < -0.4 is 5.32 Å². The number of aryl methyl sites for hydroxylation is 2. The molecule has 1 aromatic heterocycles. The molecule has 1 unspecified atom stereocenters. The second kappa shape index (κ2) is 7.41. The van der Waals surface area contributed by atoms with E-state index in [9.17, 15) is 9.59 Å². The van der Waals surface area contributed by atoms with Crippen molar-refractivity contribution in [1.82, 2.24) is 10.2 Å². The first kappa shape index (κ1) is 17.1. The van der Waals surface area contributed by atoms with Gasteiger partial charge in [-0.25, -0.2) is 0 Å². The number of rotatable bonds is 4. The Labute approximate surface area is 143 Å². The van der Waals surface area contributed by atoms with Gasteiger partial charge in [0.15, 0.2) is 0 Å². The number of hydrogen-bond acceptors (Lipinski definition) is 3. The highest BCUT2D eigenvalue weighted by Crippen LogP contribution is 2.34. The number of nitrogens with zero attached hydrogens (tertiary/aromatic N) is 1. The van der Waals surface area contributed by atoms with Crippen molar-refractivity contribution in [2.24, 2.45) is 5.92 Å². The highest BCUT2D eigenvalue weighted by molar-refractivity contribution is 5.97. The molecule has 5 nitrogen and oxygen atoms in total. The van der Waals surface area contributed by atoms with Crippen LogP contribution in [0.4, 0.5) is 0 Å². The fourth-order valence-electron chi connectivity index (χ4n) is 4.32. The van der Waals surface area contributed by atoms with Crippen LogP contribution in [0.5, 0.6) is 0 Å². The van der Waals surface area contributed by atoms with Crippen molar-refractivity contribution < 1.29 is 14.0 Å². The molecule has 0 aromatic carbocycles. The molecule has 0 radical (unpaired) electrons. The number of likely N-dealkylation sites (tertiary alicyclic amines) is 1. The van der Waals surface area contributed by atoms with E-state index < -0.39 is 0 Å². The monoisotopic (exact) mass is 332 g/mol. The van der Waals surface area contributed by atoms with E-state index in [0.717, 1.165) is 19.4 Å². The maximum Gasteiger partial charge on any atom is 0.255 e. The highest BCUT2D eigenvalue weighted by atomic mass is 16.3. The van der Waals surface area contributed by atoms with Gasteiger partial charge < -0.3 is 14.6 Å². The Morgan fingerprint density at radius 2 is 1.92 bits per heavy atom. The van der Waals surface area contributed by atoms with Gasteiger partial charge in [-0.3, -0.25) is 9.59 Å². The Morgan fingerprint density at radius 1 is 1.17 bits per heavy atom. The third-order valence-electron chi connectivity index (χ3n) is 5.50. The van der Waals surface area contributed by atoms with E-state index in [-0.39, 0.29) is 18.4 Å². The van der Waals surface area contributed by atoms with Crippen molar-refractivity contribution in [3.05, 3.63) is 23.2 Å². The summed E-state index contributed by atoms with van der Waals surface area (Å²) < 4.78 is 5.38. The van der Waals surface area contributed by atoms with E-state index in [1.165, 1.54) is 32.1 Å². The number of furan rings is 1. The number of amides is 2. The Balaban J connectivity index is 1.56. The molecule has 132 valence electrons. The molecular weight excluding hydrogens is 304 g/mol. The lowest BCUT2D eigenvalue weighted by Gasteiger charge is -2.34. The van der Waals surface area contributed by atoms with Gasteiger partial charge in [0.1, 0.15) is 11.5 Å². The highest BCUT2D eigenvalue weighted by Gasteiger charge is 2.35. The lowest BCUT2D eigenvalue weighted by molar-refractivity contribution is -0.132. The maximum atomic E-state index is 12.6. The molecule has 1 aliphatic heterocycles. The molecule has 1 saturated carbocycles. The van der Waals surface area contributed by atoms with E-state index in [0.29, 0.717) is 29.0 Å². The minimum Gasteiger partial charge on any atom is -0.466 e. The lowest BCUT2D eigenvalue weighted by atomic mass is 9.83. The summed E-state index contributed by atoms with van der Waals surface area (Å²) in [7, 11) is 0. The first-order chi connectivity index (χ1) is 11.6. The van der Waals surface area contributed by atoms with Crippen LogP contribution in [0.15, 0.2) is 10.5 Å². The Morgan fingerprint density at radius 3 is 2.58 bits per heavy atom. The average molecular weight is 332 g/mol. The average Bonchev–Trinajstić information content (AvgIpc) is 3.19. The number of carbonyl (C=O) groups is 2. The molecule has 1 aliphatic carbocycles. The summed E-state index contributed by atoms with van der Waals surface area (Å²) in [5.74, 6) is 1.78. The standard InChI is InChI=1S/C19H28N2O3/c1-13-11-16(14(2)24-13)19(23)20-12-18(22)21-10-6-9-17(21)15-7-4-3-5-8-15/h11,15,17H,3-10,12H2,1-2H3,(H,20,23). The van der Waals surface area contributed by atoms with Gasteiger partial charge in [0.05, 0.1) is 12.1 Å². The molecule has 3 rings (SSSR count). The van der Waals surface area contributed by atoms with Crippen LogP contribution in [0.2, 0.25) is 0 Å². The summed E-state index contributed by atoms with van der Waals surface area (Å²) in [4.78, 5) is 26.9. The first-order valence-electron chi connectivity index (χ1n) is 9.21. The first-order valence-corrected chi connectivity index (χ1v) is 9.21. The van der Waals surface area contributed by atoms with Gasteiger partial charge >= 0.3 is 0 Å². The molecule has 5 heteroatoms. The van der Waals surface area contributed by atoms with Gasteiger partial charge in [0, 0.05) is 12.6 Å². The van der Waals surface area contributed by atoms with E-state index >= 15 is 0 Å². The third kappa shape index (κ3) is 3.65. The smallest absolute Gasteiger partial charge is 0.255 e. The topological polar surface area (TPSA) is 62.6 Å². The SMILES string of the molecule is Cc1cc(C(=O)NCC(=O)N2CCCC2C2CCCCC2)c(C)o1. The fraction of sp³-hybridized carbons (Fsp3) is 0.684. The molecule has 0 spiro atoms. The van der Waals surface area contributed by atoms with Crippen LogP contribution in [0.3, 0.4) is 0 Å². The Kier molecular flexibility index (Phi) is 5.27. The van der Waals surface area contributed by atoms with E-state index in [2.05, 4.69) is 5.32 Å². The number of nitrogens with one attached hydrogen (secondary N) is 1. The molecule has 2 aliphatic rings. The normalized spacial score (nSPS) is 21.9. The Hall–Kier alpha value is -1.78. The summed E-state index contributed by atoms with van der Waals surface area (Å²) in [5, 5.41) is 2.76. The molecule has 1 aromatic rings. The van der Waals surface area contributed by atoms with Gasteiger partial charge in [-0.15, -0.1) is 0 Å². The minimum absolute atomic E-state index is 0.0503. The number of carbonyl (C=O) groups excluding carboxylic acids is 2. The van der Waals surface area contributed by atoms with Crippen LogP contribution in [-0.4, -0.2) is 35.8 Å². The molecule has 1 N–H and O–H groups in total. The van der Waals surface area contributed by atoms with Gasteiger partial charge in [-0.2, -0.15) is 0 Å². The van der Waals surface area contributed by atoms with E-state index in [1.54, 1.807) is 13.0 Å². The van der Waals surface area contributed by atoms with Gasteiger partial charge in [-0.05, 0) is 51.5 Å². The van der Waals surface area contributed by atoms with Crippen molar-refractivity contribution in [3.63, 3.8) is 0 Å². The van der Waals surface area contributed by atoms with Crippen molar-refractivity contribution in [2.75, 3.05) is 13.1 Å². The van der Waals surface area contributed by atoms with Crippen LogP contribution in [-0.2, 0) is 4.79 Å². The minimum atomic E-state index is -0.230. The molecule has 1 saturated heterocycles.